The van der Waals surface area contributed by atoms with Crippen LogP contribution >= 0.6 is 11.3 Å². The number of methoxy groups -OCH3 is 1. The first-order valence-electron chi connectivity index (χ1n) is 10.8. The van der Waals surface area contributed by atoms with Gasteiger partial charge in [0.25, 0.3) is 11.8 Å². The van der Waals surface area contributed by atoms with Crippen molar-refractivity contribution < 1.29 is 19.2 Å². The standard InChI is InChI=1S/C23H29N3O3S/c1-15-7-6-12-26(13-15)14-20(27)25-23-21(16-8-5-11-19(16)30-23)22(28)24-17-9-3-4-10-18(17)29-2/h3-4,9-10,15H,5-8,11-14H2,1-2H3,(H,24,28)(H,25,27)/p+1/t15-/m1/s1. The minimum atomic E-state index is -0.187. The van der Waals surface area contributed by atoms with E-state index in [2.05, 4.69) is 17.6 Å². The van der Waals surface area contributed by atoms with E-state index in [0.29, 0.717) is 34.5 Å². The number of nitrogens with one attached hydrogen (secondary N) is 3. The molecule has 0 spiro atoms. The second-order valence-corrected chi connectivity index (χ2v) is 9.50. The van der Waals surface area contributed by atoms with Gasteiger partial charge in [0.2, 0.25) is 0 Å². The topological polar surface area (TPSA) is 71.9 Å². The largest absolute Gasteiger partial charge is 0.495 e. The van der Waals surface area contributed by atoms with Crippen LogP contribution in [0.25, 0.3) is 0 Å². The molecule has 2 atom stereocenters. The zero-order valence-electron chi connectivity index (χ0n) is 17.7. The number of piperidine rings is 1. The number of thiophene rings is 1. The third kappa shape index (κ3) is 4.52. The molecule has 1 fully saturated rings. The molecule has 2 amide bonds. The van der Waals surface area contributed by atoms with Gasteiger partial charge in [-0.1, -0.05) is 19.1 Å². The summed E-state index contributed by atoms with van der Waals surface area (Å²) in [7, 11) is 1.59. The molecule has 30 heavy (non-hydrogen) atoms. The van der Waals surface area contributed by atoms with Gasteiger partial charge in [-0.3, -0.25) is 9.59 Å². The zero-order valence-corrected chi connectivity index (χ0v) is 18.5. The van der Waals surface area contributed by atoms with Gasteiger partial charge in [-0.05, 0) is 49.8 Å². The van der Waals surface area contributed by atoms with Crippen molar-refractivity contribution in [2.45, 2.75) is 39.0 Å². The maximum Gasteiger partial charge on any atom is 0.280 e. The van der Waals surface area contributed by atoms with E-state index < -0.39 is 0 Å². The molecule has 1 aromatic carbocycles. The van der Waals surface area contributed by atoms with Crippen LogP contribution in [0.5, 0.6) is 5.75 Å². The first kappa shape index (κ1) is 20.9. The highest BCUT2D eigenvalue weighted by atomic mass is 32.1. The summed E-state index contributed by atoms with van der Waals surface area (Å²) in [6, 6.07) is 7.37. The molecule has 2 aromatic rings. The van der Waals surface area contributed by atoms with Gasteiger partial charge in [-0.15, -0.1) is 11.3 Å². The molecule has 6 nitrogen and oxygen atoms in total. The first-order chi connectivity index (χ1) is 14.5. The number of amides is 2. The van der Waals surface area contributed by atoms with Crippen LogP contribution in [0.2, 0.25) is 0 Å². The second-order valence-electron chi connectivity index (χ2n) is 8.39. The molecule has 0 saturated carbocycles. The lowest BCUT2D eigenvalue weighted by Crippen LogP contribution is -3.14. The summed E-state index contributed by atoms with van der Waals surface area (Å²) in [6.07, 6.45) is 5.32. The van der Waals surface area contributed by atoms with Crippen LogP contribution in [0.1, 0.15) is 47.0 Å². The first-order valence-corrected chi connectivity index (χ1v) is 11.6. The Morgan fingerprint density at radius 1 is 1.20 bits per heavy atom. The number of likely N-dealkylation sites (tertiary alicyclic amines) is 1. The lowest BCUT2D eigenvalue weighted by atomic mass is 10.0. The minimum Gasteiger partial charge on any atom is -0.495 e. The van der Waals surface area contributed by atoms with Gasteiger partial charge in [0.05, 0.1) is 31.5 Å². The molecule has 1 aliphatic heterocycles. The van der Waals surface area contributed by atoms with Crippen molar-refractivity contribution in [1.29, 1.82) is 0 Å². The Labute approximate surface area is 181 Å². The molecule has 4 rings (SSSR count). The van der Waals surface area contributed by atoms with E-state index in [1.54, 1.807) is 18.4 Å². The fraction of sp³-hybridized carbons (Fsp3) is 0.478. The van der Waals surface area contributed by atoms with Gasteiger partial charge in [-0.25, -0.2) is 0 Å². The van der Waals surface area contributed by atoms with E-state index in [1.807, 2.05) is 24.3 Å². The number of hydrogen-bond donors (Lipinski definition) is 3. The highest BCUT2D eigenvalue weighted by molar-refractivity contribution is 7.17. The Balaban J connectivity index is 1.52. The van der Waals surface area contributed by atoms with Crippen LogP contribution in [0, 0.1) is 5.92 Å². The second kappa shape index (κ2) is 9.18. The Kier molecular flexibility index (Phi) is 6.39. The maximum absolute atomic E-state index is 13.2. The Morgan fingerprint density at radius 3 is 2.83 bits per heavy atom. The lowest BCUT2D eigenvalue weighted by molar-refractivity contribution is -0.900. The third-order valence-electron chi connectivity index (χ3n) is 6.03. The number of quaternary nitrogens is 1. The van der Waals surface area contributed by atoms with Gasteiger partial charge in [-0.2, -0.15) is 0 Å². The van der Waals surface area contributed by atoms with Gasteiger partial charge >= 0.3 is 0 Å². The van der Waals surface area contributed by atoms with Crippen molar-refractivity contribution in [3.63, 3.8) is 0 Å². The minimum absolute atomic E-state index is 0.00892. The van der Waals surface area contributed by atoms with Crippen LogP contribution in [-0.2, 0) is 17.6 Å². The number of rotatable bonds is 6. The van der Waals surface area contributed by atoms with Crippen molar-refractivity contribution in [2.75, 3.05) is 37.4 Å². The van der Waals surface area contributed by atoms with Gasteiger partial charge in [0.1, 0.15) is 10.8 Å². The van der Waals surface area contributed by atoms with Gasteiger partial charge in [0.15, 0.2) is 6.54 Å². The van der Waals surface area contributed by atoms with Crippen LogP contribution in [0.3, 0.4) is 0 Å². The van der Waals surface area contributed by atoms with Crippen molar-refractivity contribution >= 4 is 33.8 Å². The highest BCUT2D eigenvalue weighted by Gasteiger charge is 2.29. The molecular formula is C23H30N3O3S+. The zero-order chi connectivity index (χ0) is 21.1. The molecule has 1 aromatic heterocycles. The Bertz CT molecular complexity index is 940. The van der Waals surface area contributed by atoms with E-state index >= 15 is 0 Å². The highest BCUT2D eigenvalue weighted by Crippen LogP contribution is 2.39. The molecule has 0 radical (unpaired) electrons. The number of ether oxygens (including phenoxy) is 1. The van der Waals surface area contributed by atoms with Gasteiger partial charge < -0.3 is 20.3 Å². The fourth-order valence-corrected chi connectivity index (χ4v) is 5.92. The van der Waals surface area contributed by atoms with E-state index in [-0.39, 0.29) is 11.8 Å². The average Bonchev–Trinajstić information content (AvgIpc) is 3.29. The van der Waals surface area contributed by atoms with Crippen molar-refractivity contribution in [2.24, 2.45) is 5.92 Å². The van der Waals surface area contributed by atoms with Crippen LogP contribution in [-0.4, -0.2) is 38.6 Å². The third-order valence-corrected chi connectivity index (χ3v) is 7.24. The molecule has 2 aliphatic rings. The average molecular weight is 429 g/mol. The molecule has 0 bridgehead atoms. The number of carbonyl (C=O) groups is 2. The van der Waals surface area contributed by atoms with Crippen molar-refractivity contribution in [3.05, 3.63) is 40.3 Å². The summed E-state index contributed by atoms with van der Waals surface area (Å²) in [5.41, 5.74) is 2.34. The quantitative estimate of drug-likeness (QED) is 0.663. The molecule has 1 saturated heterocycles. The lowest BCUT2D eigenvalue weighted by Gasteiger charge is -2.27. The Hall–Kier alpha value is -2.38. The molecule has 7 heteroatoms. The normalized spacial score (nSPS) is 20.5. The fourth-order valence-electron chi connectivity index (χ4n) is 4.62. The predicted molar refractivity (Wildman–Crippen MR) is 120 cm³/mol. The van der Waals surface area contributed by atoms with Crippen LogP contribution in [0.4, 0.5) is 10.7 Å². The molecular weight excluding hydrogens is 398 g/mol. The summed E-state index contributed by atoms with van der Waals surface area (Å²) in [5.74, 6) is 1.08. The number of hydrogen-bond acceptors (Lipinski definition) is 4. The summed E-state index contributed by atoms with van der Waals surface area (Å²) in [5, 5.41) is 6.73. The molecule has 1 aliphatic carbocycles. The van der Waals surface area contributed by atoms with Crippen molar-refractivity contribution in [3.8, 4) is 5.75 Å². The number of anilines is 2. The summed E-state index contributed by atoms with van der Waals surface area (Å²) in [6.45, 7) is 4.79. The Morgan fingerprint density at radius 2 is 2.03 bits per heavy atom. The van der Waals surface area contributed by atoms with E-state index in [0.717, 1.165) is 37.9 Å². The monoisotopic (exact) mass is 428 g/mol. The van der Waals surface area contributed by atoms with Crippen LogP contribution in [0.15, 0.2) is 24.3 Å². The SMILES string of the molecule is COc1ccccc1NC(=O)c1c(NC(=O)C[NH+]2CCC[C@@H](C)C2)sc2c1CCC2. The maximum atomic E-state index is 13.2. The number of para-hydroxylation sites is 2. The molecule has 160 valence electrons. The van der Waals surface area contributed by atoms with Gasteiger partial charge in [0, 0.05) is 10.8 Å². The van der Waals surface area contributed by atoms with E-state index in [4.69, 9.17) is 4.74 Å². The smallest absolute Gasteiger partial charge is 0.280 e. The van der Waals surface area contributed by atoms with E-state index in [1.165, 1.54) is 22.6 Å². The summed E-state index contributed by atoms with van der Waals surface area (Å²) in [4.78, 5) is 28.5. The number of benzene rings is 1. The summed E-state index contributed by atoms with van der Waals surface area (Å²) < 4.78 is 5.36. The molecule has 2 heterocycles. The number of carbonyl (C=O) groups excluding carboxylic acids is 2. The van der Waals surface area contributed by atoms with Crippen molar-refractivity contribution in [1.82, 2.24) is 0 Å². The van der Waals surface area contributed by atoms with Crippen LogP contribution < -0.4 is 20.3 Å². The molecule has 1 unspecified atom stereocenters. The molecule has 3 N–H and O–H groups in total. The van der Waals surface area contributed by atoms with E-state index in [9.17, 15) is 9.59 Å². The number of aryl methyl sites for hydroxylation is 1. The predicted octanol–water partition coefficient (Wildman–Crippen LogP) is 2.75. The summed E-state index contributed by atoms with van der Waals surface area (Å²) >= 11 is 1.56. The number of fused-ring (bicyclic) bond motifs is 1.